The van der Waals surface area contributed by atoms with Crippen LogP contribution in [0.5, 0.6) is 0 Å². The molecule has 2 atom stereocenters. The van der Waals surface area contributed by atoms with E-state index < -0.39 is 0 Å². The maximum Gasteiger partial charge on any atom is 0.154 e. The van der Waals surface area contributed by atoms with Gasteiger partial charge in [0.05, 0.1) is 16.6 Å². The quantitative estimate of drug-likeness (QED) is 0.169. The van der Waals surface area contributed by atoms with Crippen LogP contribution < -0.4 is 4.90 Å². The molecular weight excluding hydrogens is 669 g/mol. The van der Waals surface area contributed by atoms with Crippen molar-refractivity contribution >= 4 is 50.3 Å². The molecular formula is C51H38N4. The van der Waals surface area contributed by atoms with Crippen LogP contribution in [0.15, 0.2) is 187 Å². The molecule has 4 heteroatoms. The van der Waals surface area contributed by atoms with Crippen LogP contribution in [0.3, 0.4) is 0 Å². The third-order valence-corrected chi connectivity index (χ3v) is 11.5. The number of nitrogens with zero attached hydrogens (tertiary/aromatic N) is 4. The fourth-order valence-electron chi connectivity index (χ4n) is 8.84. The summed E-state index contributed by atoms with van der Waals surface area (Å²) in [5, 5.41) is 3.82. The van der Waals surface area contributed by atoms with Crippen molar-refractivity contribution in [2.75, 3.05) is 4.90 Å². The Labute approximate surface area is 320 Å². The SMILES string of the molecule is CC1C=Cc2c(n(-c3ccc(N4C(c5ccccc5)=NC4c4ccccc4)cc3)c3ccc(-c4ccc5c(c4)c4ccccc4n5-c4ccccc4)cc23)C1. The number of aromatic nitrogens is 2. The van der Waals surface area contributed by atoms with Crippen LogP contribution in [0.25, 0.3) is 61.3 Å². The van der Waals surface area contributed by atoms with Crippen molar-refractivity contribution in [2.45, 2.75) is 19.5 Å². The maximum atomic E-state index is 5.11. The molecule has 4 nitrogen and oxygen atoms in total. The Hall–Kier alpha value is -6.91. The van der Waals surface area contributed by atoms with Gasteiger partial charge in [0.1, 0.15) is 5.84 Å². The van der Waals surface area contributed by atoms with Gasteiger partial charge in [-0.2, -0.15) is 0 Å². The number of benzene rings is 7. The van der Waals surface area contributed by atoms with Crippen LogP contribution in [0.2, 0.25) is 0 Å². The minimum atomic E-state index is -0.0547. The van der Waals surface area contributed by atoms with Crippen molar-refractivity contribution in [3.8, 4) is 22.5 Å². The van der Waals surface area contributed by atoms with Crippen molar-refractivity contribution in [1.82, 2.24) is 9.13 Å². The molecule has 55 heavy (non-hydrogen) atoms. The highest BCUT2D eigenvalue weighted by Gasteiger charge is 2.34. The Balaban J connectivity index is 1.00. The highest BCUT2D eigenvalue weighted by atomic mass is 15.4. The van der Waals surface area contributed by atoms with Gasteiger partial charge in [0.15, 0.2) is 6.17 Å². The lowest BCUT2D eigenvalue weighted by Crippen LogP contribution is -2.43. The minimum Gasteiger partial charge on any atom is -0.313 e. The first-order valence-electron chi connectivity index (χ1n) is 19.2. The summed E-state index contributed by atoms with van der Waals surface area (Å²) in [6.07, 6.45) is 5.66. The monoisotopic (exact) mass is 706 g/mol. The van der Waals surface area contributed by atoms with E-state index in [1.54, 1.807) is 0 Å². The number of aliphatic imine (C=N–C) groups is 1. The van der Waals surface area contributed by atoms with Gasteiger partial charge in [-0.25, -0.2) is 4.99 Å². The first kappa shape index (κ1) is 31.6. The predicted molar refractivity (Wildman–Crippen MR) is 230 cm³/mol. The van der Waals surface area contributed by atoms with Gasteiger partial charge in [-0.3, -0.25) is 4.90 Å². The minimum absolute atomic E-state index is 0.0547. The zero-order chi connectivity index (χ0) is 36.5. The lowest BCUT2D eigenvalue weighted by atomic mass is 9.93. The first-order valence-corrected chi connectivity index (χ1v) is 19.2. The molecule has 1 aliphatic heterocycles. The molecule has 1 aliphatic carbocycles. The average molecular weight is 707 g/mol. The van der Waals surface area contributed by atoms with Gasteiger partial charge in [-0.1, -0.05) is 128 Å². The Morgan fingerprint density at radius 3 is 1.82 bits per heavy atom. The molecule has 0 saturated carbocycles. The second-order valence-electron chi connectivity index (χ2n) is 14.9. The summed E-state index contributed by atoms with van der Waals surface area (Å²) in [5.41, 5.74) is 14.6. The molecule has 2 aromatic heterocycles. The second kappa shape index (κ2) is 12.6. The number of amidine groups is 1. The first-order chi connectivity index (χ1) is 27.2. The number of hydrogen-bond acceptors (Lipinski definition) is 2. The zero-order valence-corrected chi connectivity index (χ0v) is 30.5. The summed E-state index contributed by atoms with van der Waals surface area (Å²) in [4.78, 5) is 7.47. The predicted octanol–water partition coefficient (Wildman–Crippen LogP) is 12.6. The Morgan fingerprint density at radius 1 is 0.491 bits per heavy atom. The molecule has 0 spiro atoms. The number of para-hydroxylation sites is 2. The molecule has 0 saturated heterocycles. The van der Waals surface area contributed by atoms with Crippen LogP contribution in [0.4, 0.5) is 5.69 Å². The zero-order valence-electron chi connectivity index (χ0n) is 30.5. The molecule has 0 amide bonds. The van der Waals surface area contributed by atoms with Gasteiger partial charge in [-0.05, 0) is 95.8 Å². The van der Waals surface area contributed by atoms with Gasteiger partial charge in [0.2, 0.25) is 0 Å². The fraction of sp³-hybridized carbons (Fsp3) is 0.0784. The molecule has 11 rings (SSSR count). The van der Waals surface area contributed by atoms with Crippen LogP contribution >= 0.6 is 0 Å². The van der Waals surface area contributed by atoms with Crippen molar-refractivity contribution in [3.63, 3.8) is 0 Å². The smallest absolute Gasteiger partial charge is 0.154 e. The number of allylic oxidation sites excluding steroid dienone is 1. The Kier molecular flexibility index (Phi) is 7.24. The Bertz CT molecular complexity index is 2950. The van der Waals surface area contributed by atoms with Crippen molar-refractivity contribution in [1.29, 1.82) is 0 Å². The van der Waals surface area contributed by atoms with E-state index in [1.165, 1.54) is 72.0 Å². The number of anilines is 1. The maximum absolute atomic E-state index is 5.11. The van der Waals surface area contributed by atoms with Gasteiger partial charge < -0.3 is 9.13 Å². The molecule has 3 heterocycles. The summed E-state index contributed by atoms with van der Waals surface area (Å²) >= 11 is 0. The standard InChI is InChI=1S/C51H38N4/c1-34-21-28-43-45-33-38(37-22-29-47-44(32-37)42-19-11-12-20-46(42)53(47)39-17-9-4-10-18-39)23-30-48(45)54(49(43)31-34)40-24-26-41(27-25-40)55-50(35-13-5-2-6-14-35)52-51(55)36-15-7-3-8-16-36/h2-30,32-34,50H,31H2,1H3. The molecule has 7 aromatic carbocycles. The lowest BCUT2D eigenvalue weighted by Gasteiger charge is -2.40. The third kappa shape index (κ3) is 5.09. The largest absolute Gasteiger partial charge is 0.313 e. The van der Waals surface area contributed by atoms with E-state index in [1.807, 2.05) is 0 Å². The second-order valence-corrected chi connectivity index (χ2v) is 14.9. The van der Waals surface area contributed by atoms with E-state index in [9.17, 15) is 0 Å². The fourth-order valence-corrected chi connectivity index (χ4v) is 8.84. The van der Waals surface area contributed by atoms with E-state index in [2.05, 4.69) is 209 Å². The molecule has 0 bridgehead atoms. The van der Waals surface area contributed by atoms with E-state index in [0.29, 0.717) is 5.92 Å². The van der Waals surface area contributed by atoms with Gasteiger partial charge in [-0.15, -0.1) is 0 Å². The topological polar surface area (TPSA) is 25.5 Å². The molecule has 9 aromatic rings. The molecule has 0 N–H and O–H groups in total. The van der Waals surface area contributed by atoms with E-state index in [0.717, 1.165) is 23.5 Å². The van der Waals surface area contributed by atoms with Crippen LogP contribution in [0, 0.1) is 5.92 Å². The van der Waals surface area contributed by atoms with Crippen LogP contribution in [-0.2, 0) is 6.42 Å². The van der Waals surface area contributed by atoms with Gasteiger partial charge in [0, 0.05) is 50.0 Å². The molecule has 0 radical (unpaired) electrons. The number of fused-ring (bicyclic) bond motifs is 6. The summed E-state index contributed by atoms with van der Waals surface area (Å²) in [5.74, 6) is 1.47. The van der Waals surface area contributed by atoms with Crippen molar-refractivity contribution < 1.29 is 0 Å². The molecule has 2 aliphatic rings. The van der Waals surface area contributed by atoms with E-state index in [4.69, 9.17) is 4.99 Å². The van der Waals surface area contributed by atoms with Crippen molar-refractivity contribution in [3.05, 3.63) is 204 Å². The summed E-state index contributed by atoms with van der Waals surface area (Å²) in [6, 6.07) is 63.6. The van der Waals surface area contributed by atoms with Gasteiger partial charge in [0.25, 0.3) is 0 Å². The summed E-state index contributed by atoms with van der Waals surface area (Å²) < 4.78 is 4.87. The molecule has 2 unspecified atom stereocenters. The average Bonchev–Trinajstić information content (AvgIpc) is 3.73. The van der Waals surface area contributed by atoms with Crippen LogP contribution in [0.1, 0.15) is 35.5 Å². The summed E-state index contributed by atoms with van der Waals surface area (Å²) in [7, 11) is 0. The Morgan fingerprint density at radius 2 is 1.07 bits per heavy atom. The normalized spacial score (nSPS) is 16.4. The molecule has 0 fully saturated rings. The lowest BCUT2D eigenvalue weighted by molar-refractivity contribution is 0.688. The third-order valence-electron chi connectivity index (χ3n) is 11.5. The number of rotatable bonds is 6. The summed E-state index contributed by atoms with van der Waals surface area (Å²) in [6.45, 7) is 2.31. The van der Waals surface area contributed by atoms with Crippen LogP contribution in [-0.4, -0.2) is 15.0 Å². The van der Waals surface area contributed by atoms with E-state index in [-0.39, 0.29) is 6.17 Å². The molecule has 262 valence electrons. The number of hydrogen-bond donors (Lipinski definition) is 0. The van der Waals surface area contributed by atoms with Crippen molar-refractivity contribution in [2.24, 2.45) is 10.9 Å². The highest BCUT2D eigenvalue weighted by molar-refractivity contribution is 6.14. The van der Waals surface area contributed by atoms with Gasteiger partial charge >= 0.3 is 0 Å². The van der Waals surface area contributed by atoms with E-state index >= 15 is 0 Å². The highest BCUT2D eigenvalue weighted by Crippen LogP contribution is 2.42.